The normalized spacial score (nSPS) is 27.6. The van der Waals surface area contributed by atoms with Crippen molar-refractivity contribution in [1.29, 1.82) is 0 Å². The summed E-state index contributed by atoms with van der Waals surface area (Å²) < 4.78 is 14.2. The molecule has 2 atom stereocenters. The lowest BCUT2D eigenvalue weighted by molar-refractivity contribution is -0.0890. The second-order valence-corrected chi connectivity index (χ2v) is 7.95. The van der Waals surface area contributed by atoms with Crippen molar-refractivity contribution in [3.8, 4) is 0 Å². The minimum atomic E-state index is -0.729. The second-order valence-electron chi connectivity index (χ2n) is 7.16. The number of hydrogen-bond donors (Lipinski definition) is 1. The SMILES string of the molecule is CC(C)(C)C1CCCCC1(O)Cc1cccc(F)c1Br. The quantitative estimate of drug-likeness (QED) is 0.792. The molecule has 0 radical (unpaired) electrons. The fourth-order valence-electron chi connectivity index (χ4n) is 3.69. The van der Waals surface area contributed by atoms with Crippen LogP contribution in [0.3, 0.4) is 0 Å². The summed E-state index contributed by atoms with van der Waals surface area (Å²) in [6.07, 6.45) is 4.60. The maximum absolute atomic E-state index is 13.7. The topological polar surface area (TPSA) is 20.2 Å². The van der Waals surface area contributed by atoms with Crippen molar-refractivity contribution in [2.45, 2.75) is 58.5 Å². The van der Waals surface area contributed by atoms with Crippen molar-refractivity contribution < 1.29 is 9.50 Å². The van der Waals surface area contributed by atoms with Crippen LogP contribution in [-0.4, -0.2) is 10.7 Å². The van der Waals surface area contributed by atoms with Gasteiger partial charge < -0.3 is 5.11 Å². The average Bonchev–Trinajstić information content (AvgIpc) is 2.34. The molecule has 1 aromatic rings. The Hall–Kier alpha value is -0.410. The van der Waals surface area contributed by atoms with Crippen LogP contribution >= 0.6 is 15.9 Å². The summed E-state index contributed by atoms with van der Waals surface area (Å²) in [5.41, 5.74) is 0.200. The van der Waals surface area contributed by atoms with Gasteiger partial charge in [-0.1, -0.05) is 45.7 Å². The Balaban J connectivity index is 2.30. The molecule has 1 aliphatic carbocycles. The van der Waals surface area contributed by atoms with Gasteiger partial charge in [0.25, 0.3) is 0 Å². The summed E-state index contributed by atoms with van der Waals surface area (Å²) in [7, 11) is 0. The van der Waals surface area contributed by atoms with Crippen LogP contribution in [0.1, 0.15) is 52.0 Å². The molecule has 20 heavy (non-hydrogen) atoms. The molecule has 0 aliphatic heterocycles. The standard InChI is InChI=1S/C17H24BrFO/c1-16(2,3)14-9-4-5-10-17(14,20)11-12-7-6-8-13(19)15(12)18/h6-8,14,20H,4-5,9-11H2,1-3H3. The number of rotatable bonds is 2. The molecule has 2 rings (SSSR count). The van der Waals surface area contributed by atoms with Gasteiger partial charge in [-0.05, 0) is 51.7 Å². The zero-order chi connectivity index (χ0) is 15.0. The van der Waals surface area contributed by atoms with Crippen molar-refractivity contribution in [3.63, 3.8) is 0 Å². The third-order valence-electron chi connectivity index (χ3n) is 4.57. The van der Waals surface area contributed by atoms with E-state index in [2.05, 4.69) is 36.7 Å². The van der Waals surface area contributed by atoms with Gasteiger partial charge in [0.15, 0.2) is 0 Å². The first-order chi connectivity index (χ1) is 9.24. The zero-order valence-electron chi connectivity index (χ0n) is 12.5. The number of benzene rings is 1. The van der Waals surface area contributed by atoms with Crippen molar-refractivity contribution in [1.82, 2.24) is 0 Å². The van der Waals surface area contributed by atoms with E-state index in [1.165, 1.54) is 12.5 Å². The molecule has 0 saturated heterocycles. The van der Waals surface area contributed by atoms with E-state index >= 15 is 0 Å². The molecule has 0 spiro atoms. The highest BCUT2D eigenvalue weighted by Gasteiger charge is 2.44. The molecule has 0 aromatic heterocycles. The van der Waals surface area contributed by atoms with Crippen LogP contribution in [0.2, 0.25) is 0 Å². The highest BCUT2D eigenvalue weighted by Crippen LogP contribution is 2.46. The first-order valence-electron chi connectivity index (χ1n) is 7.39. The monoisotopic (exact) mass is 342 g/mol. The number of halogens is 2. The fourth-order valence-corrected chi connectivity index (χ4v) is 4.09. The maximum atomic E-state index is 13.7. The van der Waals surface area contributed by atoms with Crippen LogP contribution in [-0.2, 0) is 6.42 Å². The highest BCUT2D eigenvalue weighted by molar-refractivity contribution is 9.10. The van der Waals surface area contributed by atoms with Crippen molar-refractivity contribution in [2.75, 3.05) is 0 Å². The van der Waals surface area contributed by atoms with E-state index in [0.29, 0.717) is 10.9 Å². The third-order valence-corrected chi connectivity index (χ3v) is 5.46. The van der Waals surface area contributed by atoms with Gasteiger partial charge in [-0.3, -0.25) is 0 Å². The fraction of sp³-hybridized carbons (Fsp3) is 0.647. The average molecular weight is 343 g/mol. The minimum absolute atomic E-state index is 0.0645. The van der Waals surface area contributed by atoms with Crippen molar-refractivity contribution >= 4 is 15.9 Å². The Morgan fingerprint density at radius 2 is 2.05 bits per heavy atom. The van der Waals surface area contributed by atoms with E-state index < -0.39 is 5.60 Å². The number of hydrogen-bond acceptors (Lipinski definition) is 1. The highest BCUT2D eigenvalue weighted by atomic mass is 79.9. The molecule has 1 aromatic carbocycles. The minimum Gasteiger partial charge on any atom is -0.389 e. The largest absolute Gasteiger partial charge is 0.389 e. The van der Waals surface area contributed by atoms with E-state index in [1.807, 2.05) is 6.07 Å². The van der Waals surface area contributed by atoms with Crippen LogP contribution in [0.5, 0.6) is 0 Å². The molecular formula is C17H24BrFO. The van der Waals surface area contributed by atoms with Crippen LogP contribution in [0.4, 0.5) is 4.39 Å². The summed E-state index contributed by atoms with van der Waals surface area (Å²) in [5.74, 6) is -0.00636. The van der Waals surface area contributed by atoms with Gasteiger partial charge >= 0.3 is 0 Å². The molecule has 1 saturated carbocycles. The van der Waals surface area contributed by atoms with Gasteiger partial charge in [-0.2, -0.15) is 0 Å². The van der Waals surface area contributed by atoms with Crippen molar-refractivity contribution in [3.05, 3.63) is 34.1 Å². The smallest absolute Gasteiger partial charge is 0.137 e. The predicted molar refractivity (Wildman–Crippen MR) is 84.2 cm³/mol. The van der Waals surface area contributed by atoms with E-state index in [0.717, 1.165) is 24.8 Å². The molecule has 0 amide bonds. The second kappa shape index (κ2) is 5.76. The van der Waals surface area contributed by atoms with E-state index in [1.54, 1.807) is 6.07 Å². The summed E-state index contributed by atoms with van der Waals surface area (Å²) in [4.78, 5) is 0. The van der Waals surface area contributed by atoms with E-state index in [4.69, 9.17) is 0 Å². The molecule has 2 unspecified atom stereocenters. The lowest BCUT2D eigenvalue weighted by atomic mass is 9.62. The van der Waals surface area contributed by atoms with E-state index in [-0.39, 0.29) is 17.2 Å². The Labute approximate surface area is 129 Å². The molecule has 3 heteroatoms. The summed E-state index contributed by atoms with van der Waals surface area (Å²) in [5, 5.41) is 11.2. The molecule has 0 heterocycles. The molecule has 1 N–H and O–H groups in total. The molecule has 1 fully saturated rings. The molecule has 112 valence electrons. The van der Waals surface area contributed by atoms with Crippen LogP contribution in [0, 0.1) is 17.2 Å². The third kappa shape index (κ3) is 3.25. The zero-order valence-corrected chi connectivity index (χ0v) is 14.1. The van der Waals surface area contributed by atoms with Gasteiger partial charge in [-0.25, -0.2) is 4.39 Å². The van der Waals surface area contributed by atoms with Gasteiger partial charge in [0, 0.05) is 6.42 Å². The lowest BCUT2D eigenvalue weighted by Crippen LogP contribution is -2.48. The molecule has 1 aliphatic rings. The Bertz CT molecular complexity index is 480. The van der Waals surface area contributed by atoms with Crippen molar-refractivity contribution in [2.24, 2.45) is 11.3 Å². The van der Waals surface area contributed by atoms with E-state index in [9.17, 15) is 9.50 Å². The van der Waals surface area contributed by atoms with Gasteiger partial charge in [0.05, 0.1) is 10.1 Å². The predicted octanol–water partition coefficient (Wildman–Crippen LogP) is 5.10. The van der Waals surface area contributed by atoms with Gasteiger partial charge in [0.2, 0.25) is 0 Å². The van der Waals surface area contributed by atoms with Crippen LogP contribution in [0.15, 0.2) is 22.7 Å². The molecule has 1 nitrogen and oxygen atoms in total. The Morgan fingerprint density at radius 3 is 2.70 bits per heavy atom. The summed E-state index contributed by atoms with van der Waals surface area (Å²) >= 11 is 3.32. The maximum Gasteiger partial charge on any atom is 0.137 e. The van der Waals surface area contributed by atoms with Gasteiger partial charge in [-0.15, -0.1) is 0 Å². The van der Waals surface area contributed by atoms with Crippen LogP contribution in [0.25, 0.3) is 0 Å². The first-order valence-corrected chi connectivity index (χ1v) is 8.18. The molecular weight excluding hydrogens is 319 g/mol. The van der Waals surface area contributed by atoms with Gasteiger partial charge in [0.1, 0.15) is 5.82 Å². The Morgan fingerprint density at radius 1 is 1.35 bits per heavy atom. The Kier molecular flexibility index (Phi) is 4.60. The lowest BCUT2D eigenvalue weighted by Gasteiger charge is -2.47. The number of aliphatic hydroxyl groups is 1. The van der Waals surface area contributed by atoms with Crippen LogP contribution < -0.4 is 0 Å². The summed E-state index contributed by atoms with van der Waals surface area (Å²) in [6, 6.07) is 5.06. The first kappa shape index (κ1) is 16.0. The summed E-state index contributed by atoms with van der Waals surface area (Å²) in [6.45, 7) is 6.57. The molecule has 0 bridgehead atoms.